The van der Waals surface area contributed by atoms with Crippen molar-refractivity contribution in [1.29, 1.82) is 0 Å². The summed E-state index contributed by atoms with van der Waals surface area (Å²) >= 11 is 0. The Morgan fingerprint density at radius 3 is 2.26 bits per heavy atom. The van der Waals surface area contributed by atoms with Crippen molar-refractivity contribution >= 4 is 5.91 Å². The summed E-state index contributed by atoms with van der Waals surface area (Å²) in [6.45, 7) is 8.84. The van der Waals surface area contributed by atoms with Gasteiger partial charge in [0.25, 0.3) is 5.91 Å². The van der Waals surface area contributed by atoms with Crippen molar-refractivity contribution in [3.05, 3.63) is 35.6 Å². The third-order valence-corrected chi connectivity index (χ3v) is 3.37. The van der Waals surface area contributed by atoms with Crippen LogP contribution < -0.4 is 0 Å². The van der Waals surface area contributed by atoms with Crippen LogP contribution in [0.1, 0.15) is 24.2 Å². The van der Waals surface area contributed by atoms with Gasteiger partial charge in [-0.25, -0.2) is 4.39 Å². The summed E-state index contributed by atoms with van der Waals surface area (Å²) in [5, 5.41) is 0. The van der Waals surface area contributed by atoms with E-state index in [0.717, 1.165) is 32.7 Å². The van der Waals surface area contributed by atoms with Gasteiger partial charge < -0.3 is 4.90 Å². The number of carbonyl (C=O) groups is 1. The highest BCUT2D eigenvalue weighted by Gasteiger charge is 2.22. The highest BCUT2D eigenvalue weighted by molar-refractivity contribution is 5.94. The van der Waals surface area contributed by atoms with Crippen LogP contribution in [0.5, 0.6) is 0 Å². The monoisotopic (exact) mass is 264 g/mol. The van der Waals surface area contributed by atoms with Gasteiger partial charge in [-0.3, -0.25) is 9.69 Å². The second-order valence-electron chi connectivity index (χ2n) is 5.49. The topological polar surface area (TPSA) is 23.6 Å². The van der Waals surface area contributed by atoms with E-state index >= 15 is 0 Å². The number of nitrogens with zero attached hydrogens (tertiary/aromatic N) is 2. The zero-order chi connectivity index (χ0) is 13.8. The molecule has 0 aliphatic carbocycles. The van der Waals surface area contributed by atoms with Crippen LogP contribution >= 0.6 is 0 Å². The quantitative estimate of drug-likeness (QED) is 0.836. The molecule has 1 aliphatic rings. The molecule has 0 unspecified atom stereocenters. The van der Waals surface area contributed by atoms with Crippen molar-refractivity contribution in [3.8, 4) is 0 Å². The van der Waals surface area contributed by atoms with Gasteiger partial charge in [-0.15, -0.1) is 0 Å². The minimum Gasteiger partial charge on any atom is -0.336 e. The number of amides is 1. The Labute approximate surface area is 114 Å². The molecule has 0 bridgehead atoms. The van der Waals surface area contributed by atoms with Crippen molar-refractivity contribution in [1.82, 2.24) is 9.80 Å². The third kappa shape index (κ3) is 3.77. The molecule has 4 heteroatoms. The summed E-state index contributed by atoms with van der Waals surface area (Å²) in [5.41, 5.74) is 0.568. The van der Waals surface area contributed by atoms with E-state index in [0.29, 0.717) is 11.5 Å². The maximum Gasteiger partial charge on any atom is 0.253 e. The van der Waals surface area contributed by atoms with Gasteiger partial charge in [0.05, 0.1) is 0 Å². The first kappa shape index (κ1) is 14.0. The predicted octanol–water partition coefficient (Wildman–Crippen LogP) is 2.24. The highest BCUT2D eigenvalue weighted by atomic mass is 19.1. The fraction of sp³-hybridized carbons (Fsp3) is 0.533. The van der Waals surface area contributed by atoms with Gasteiger partial charge in [0, 0.05) is 38.3 Å². The van der Waals surface area contributed by atoms with Gasteiger partial charge in [-0.05, 0) is 30.2 Å². The lowest BCUT2D eigenvalue weighted by atomic mass is 10.1. The van der Waals surface area contributed by atoms with Crippen molar-refractivity contribution in [2.75, 3.05) is 32.7 Å². The number of hydrogen-bond acceptors (Lipinski definition) is 2. The molecule has 1 amide bonds. The maximum atomic E-state index is 12.8. The molecule has 0 aromatic heterocycles. The Kier molecular flexibility index (Phi) is 4.53. The van der Waals surface area contributed by atoms with E-state index in [4.69, 9.17) is 0 Å². The largest absolute Gasteiger partial charge is 0.336 e. The van der Waals surface area contributed by atoms with Gasteiger partial charge in [0.2, 0.25) is 0 Å². The van der Waals surface area contributed by atoms with Crippen LogP contribution in [0.4, 0.5) is 4.39 Å². The number of rotatable bonds is 3. The molecule has 1 aromatic rings. The Balaban J connectivity index is 1.90. The highest BCUT2D eigenvalue weighted by Crippen LogP contribution is 2.11. The maximum absolute atomic E-state index is 12.8. The van der Waals surface area contributed by atoms with Crippen molar-refractivity contribution in [2.24, 2.45) is 5.92 Å². The molecule has 1 aromatic carbocycles. The molecule has 1 fully saturated rings. The molecule has 0 radical (unpaired) electrons. The van der Waals surface area contributed by atoms with Crippen LogP contribution in [-0.4, -0.2) is 48.4 Å². The summed E-state index contributed by atoms with van der Waals surface area (Å²) in [6, 6.07) is 5.78. The van der Waals surface area contributed by atoms with Crippen molar-refractivity contribution in [2.45, 2.75) is 13.8 Å². The van der Waals surface area contributed by atoms with Crippen LogP contribution in [0.25, 0.3) is 0 Å². The zero-order valence-electron chi connectivity index (χ0n) is 11.6. The summed E-state index contributed by atoms with van der Waals surface area (Å²) < 4.78 is 12.8. The van der Waals surface area contributed by atoms with Crippen LogP contribution in [-0.2, 0) is 0 Å². The molecule has 1 aliphatic heterocycles. The standard InChI is InChI=1S/C15H21FN2O/c1-12(2)11-17-7-9-18(10-8-17)15(19)13-3-5-14(16)6-4-13/h3-6,12H,7-11H2,1-2H3. The molecule has 0 N–H and O–H groups in total. The second-order valence-corrected chi connectivity index (χ2v) is 5.49. The van der Waals surface area contributed by atoms with E-state index < -0.39 is 0 Å². The molecule has 104 valence electrons. The summed E-state index contributed by atoms with van der Waals surface area (Å²) in [7, 11) is 0. The van der Waals surface area contributed by atoms with Gasteiger partial charge in [-0.1, -0.05) is 13.8 Å². The number of halogens is 1. The third-order valence-electron chi connectivity index (χ3n) is 3.37. The molecular formula is C15H21FN2O. The predicted molar refractivity (Wildman–Crippen MR) is 73.6 cm³/mol. The molecule has 1 heterocycles. The van der Waals surface area contributed by atoms with Crippen LogP contribution in [0.15, 0.2) is 24.3 Å². The number of hydrogen-bond donors (Lipinski definition) is 0. The van der Waals surface area contributed by atoms with E-state index in [-0.39, 0.29) is 11.7 Å². The smallest absolute Gasteiger partial charge is 0.253 e. The zero-order valence-corrected chi connectivity index (χ0v) is 11.6. The van der Waals surface area contributed by atoms with E-state index in [1.807, 2.05) is 4.90 Å². The first-order valence-electron chi connectivity index (χ1n) is 6.83. The minimum atomic E-state index is -0.307. The first-order chi connectivity index (χ1) is 9.06. The molecule has 19 heavy (non-hydrogen) atoms. The lowest BCUT2D eigenvalue weighted by Gasteiger charge is -2.35. The first-order valence-corrected chi connectivity index (χ1v) is 6.83. The fourth-order valence-corrected chi connectivity index (χ4v) is 2.42. The van der Waals surface area contributed by atoms with Gasteiger partial charge in [0.15, 0.2) is 0 Å². The van der Waals surface area contributed by atoms with Gasteiger partial charge in [-0.2, -0.15) is 0 Å². The Morgan fingerprint density at radius 1 is 1.16 bits per heavy atom. The lowest BCUT2D eigenvalue weighted by molar-refractivity contribution is 0.0624. The van der Waals surface area contributed by atoms with Crippen LogP contribution in [0.2, 0.25) is 0 Å². The Morgan fingerprint density at radius 2 is 1.74 bits per heavy atom. The normalized spacial score (nSPS) is 16.9. The van der Waals surface area contributed by atoms with Gasteiger partial charge >= 0.3 is 0 Å². The van der Waals surface area contributed by atoms with Gasteiger partial charge in [0.1, 0.15) is 5.82 Å². The van der Waals surface area contributed by atoms with E-state index in [2.05, 4.69) is 18.7 Å². The molecule has 2 rings (SSSR count). The minimum absolute atomic E-state index is 0.00389. The number of benzene rings is 1. The Bertz CT molecular complexity index is 422. The van der Waals surface area contributed by atoms with E-state index in [1.165, 1.54) is 12.1 Å². The molecule has 0 atom stereocenters. The van der Waals surface area contributed by atoms with Crippen molar-refractivity contribution < 1.29 is 9.18 Å². The van der Waals surface area contributed by atoms with E-state index in [9.17, 15) is 9.18 Å². The molecule has 1 saturated heterocycles. The summed E-state index contributed by atoms with van der Waals surface area (Å²) in [5.74, 6) is 0.349. The van der Waals surface area contributed by atoms with Crippen molar-refractivity contribution in [3.63, 3.8) is 0 Å². The average molecular weight is 264 g/mol. The average Bonchev–Trinajstić information content (AvgIpc) is 2.39. The fourth-order valence-electron chi connectivity index (χ4n) is 2.42. The second kappa shape index (κ2) is 6.15. The summed E-state index contributed by atoms with van der Waals surface area (Å²) in [4.78, 5) is 16.5. The number of carbonyl (C=O) groups excluding carboxylic acids is 1. The Hall–Kier alpha value is -1.42. The van der Waals surface area contributed by atoms with Crippen LogP contribution in [0, 0.1) is 11.7 Å². The van der Waals surface area contributed by atoms with E-state index in [1.54, 1.807) is 12.1 Å². The SMILES string of the molecule is CC(C)CN1CCN(C(=O)c2ccc(F)cc2)CC1. The lowest BCUT2D eigenvalue weighted by Crippen LogP contribution is -2.49. The molecular weight excluding hydrogens is 243 g/mol. The number of piperazine rings is 1. The molecule has 0 spiro atoms. The van der Waals surface area contributed by atoms with Crippen LogP contribution in [0.3, 0.4) is 0 Å². The molecule has 3 nitrogen and oxygen atoms in total. The molecule has 0 saturated carbocycles. The summed E-state index contributed by atoms with van der Waals surface area (Å²) in [6.07, 6.45) is 0.